The van der Waals surface area contributed by atoms with Crippen molar-refractivity contribution in [3.05, 3.63) is 58.9 Å². The number of methoxy groups -OCH3 is 1. The summed E-state index contributed by atoms with van der Waals surface area (Å²) in [5, 5.41) is 21.0. The number of aromatic nitrogens is 2. The second-order valence-electron chi connectivity index (χ2n) is 9.93. The van der Waals surface area contributed by atoms with E-state index in [0.29, 0.717) is 55.2 Å². The number of aliphatic hydroxyl groups excluding tert-OH is 1. The minimum atomic E-state index is -1.37. The topological polar surface area (TPSA) is 105 Å². The molecule has 2 heterocycles. The Hall–Kier alpha value is -3.53. The largest absolute Gasteiger partial charge is 0.481 e. The summed E-state index contributed by atoms with van der Waals surface area (Å²) in [6, 6.07) is 6.52. The number of hydrogen-bond acceptors (Lipinski definition) is 5. The summed E-state index contributed by atoms with van der Waals surface area (Å²) in [7, 11) is 1.33. The molecule has 0 radical (unpaired) electrons. The van der Waals surface area contributed by atoms with Crippen LogP contribution in [-0.4, -0.2) is 45.0 Å². The predicted molar refractivity (Wildman–Crippen MR) is 131 cm³/mol. The molecule has 0 spiro atoms. The van der Waals surface area contributed by atoms with E-state index in [-0.39, 0.29) is 23.5 Å². The zero-order valence-corrected chi connectivity index (χ0v) is 20.7. The fourth-order valence-corrected chi connectivity index (χ4v) is 5.82. The first-order valence-corrected chi connectivity index (χ1v) is 12.5. The minimum absolute atomic E-state index is 0.0820. The molecule has 0 unspecified atom stereocenters. The SMILES string of the molecule is COC(=O)N1c2ccc3c(nc([C@@H](O)c4ccc(F)c(F)c4)n3[C@@H]3CCC[C@@H](C(=O)O)C3)c2CC[C@@H]1C. The number of benzene rings is 2. The van der Waals surface area contributed by atoms with Crippen molar-refractivity contribution in [3.63, 3.8) is 0 Å². The zero-order chi connectivity index (χ0) is 26.4. The number of hydrogen-bond donors (Lipinski definition) is 2. The van der Waals surface area contributed by atoms with Gasteiger partial charge in [0.15, 0.2) is 11.6 Å². The normalized spacial score (nSPS) is 22.5. The van der Waals surface area contributed by atoms with E-state index in [9.17, 15) is 28.6 Å². The molecular formula is C27H29F2N3O5. The van der Waals surface area contributed by atoms with Gasteiger partial charge in [0, 0.05) is 17.6 Å². The molecule has 10 heteroatoms. The molecule has 2 aliphatic rings. The van der Waals surface area contributed by atoms with Crippen LogP contribution in [0.1, 0.15) is 68.1 Å². The lowest BCUT2D eigenvalue weighted by molar-refractivity contribution is -0.143. The van der Waals surface area contributed by atoms with Crippen molar-refractivity contribution in [3.8, 4) is 0 Å². The van der Waals surface area contributed by atoms with Crippen LogP contribution < -0.4 is 4.90 Å². The number of aliphatic carboxylic acids is 1. The lowest BCUT2D eigenvalue weighted by atomic mass is 9.85. The number of aliphatic hydroxyl groups is 1. The monoisotopic (exact) mass is 513 g/mol. The van der Waals surface area contributed by atoms with Crippen LogP contribution in [-0.2, 0) is 16.0 Å². The van der Waals surface area contributed by atoms with Gasteiger partial charge in [0.05, 0.1) is 29.7 Å². The number of nitrogens with zero attached hydrogens (tertiary/aromatic N) is 3. The Bertz CT molecular complexity index is 1370. The van der Waals surface area contributed by atoms with Gasteiger partial charge in [-0.05, 0) is 68.9 Å². The highest BCUT2D eigenvalue weighted by atomic mass is 19.2. The molecule has 196 valence electrons. The number of anilines is 1. The first kappa shape index (κ1) is 25.1. The van der Waals surface area contributed by atoms with E-state index in [2.05, 4.69) is 0 Å². The predicted octanol–water partition coefficient (Wildman–Crippen LogP) is 5.12. The molecule has 1 aliphatic carbocycles. The number of aryl methyl sites for hydroxylation is 1. The fraction of sp³-hybridized carbons (Fsp3) is 0.444. The Morgan fingerprint density at radius 1 is 1.14 bits per heavy atom. The summed E-state index contributed by atoms with van der Waals surface area (Å²) in [4.78, 5) is 30.8. The van der Waals surface area contributed by atoms with Crippen LogP contribution >= 0.6 is 0 Å². The lowest BCUT2D eigenvalue weighted by Gasteiger charge is -2.34. The first-order chi connectivity index (χ1) is 17.7. The van der Waals surface area contributed by atoms with Crippen LogP contribution in [0.4, 0.5) is 19.3 Å². The first-order valence-electron chi connectivity index (χ1n) is 12.5. The highest BCUT2D eigenvalue weighted by Crippen LogP contribution is 2.42. The average Bonchev–Trinajstić information content (AvgIpc) is 3.29. The molecule has 0 saturated heterocycles. The summed E-state index contributed by atoms with van der Waals surface area (Å²) in [6.45, 7) is 1.94. The van der Waals surface area contributed by atoms with Gasteiger partial charge in [-0.25, -0.2) is 18.6 Å². The lowest BCUT2D eigenvalue weighted by Crippen LogP contribution is -2.42. The number of halogens is 2. The van der Waals surface area contributed by atoms with E-state index in [1.807, 2.05) is 23.6 Å². The third-order valence-electron chi connectivity index (χ3n) is 7.72. The van der Waals surface area contributed by atoms with E-state index in [1.165, 1.54) is 13.2 Å². The molecule has 2 N–H and O–H groups in total. The van der Waals surface area contributed by atoms with Gasteiger partial charge in [-0.1, -0.05) is 12.5 Å². The van der Waals surface area contributed by atoms with Crippen LogP contribution in [0, 0.1) is 17.6 Å². The number of carbonyl (C=O) groups is 2. The molecule has 1 saturated carbocycles. The molecule has 2 aromatic carbocycles. The van der Waals surface area contributed by atoms with Crippen molar-refractivity contribution in [2.75, 3.05) is 12.0 Å². The van der Waals surface area contributed by atoms with Crippen molar-refractivity contribution < 1.29 is 33.3 Å². The summed E-state index contributed by atoms with van der Waals surface area (Å²) in [5.74, 6) is -3.27. The zero-order valence-electron chi connectivity index (χ0n) is 20.7. The maximum absolute atomic E-state index is 14.0. The number of rotatable bonds is 4. The Kier molecular flexibility index (Phi) is 6.61. The number of ether oxygens (including phenoxy) is 1. The fourth-order valence-electron chi connectivity index (χ4n) is 5.82. The van der Waals surface area contributed by atoms with Crippen LogP contribution in [0.2, 0.25) is 0 Å². The van der Waals surface area contributed by atoms with Crippen LogP contribution in [0.5, 0.6) is 0 Å². The second kappa shape index (κ2) is 9.74. The molecule has 0 bridgehead atoms. The van der Waals surface area contributed by atoms with Gasteiger partial charge in [0.2, 0.25) is 0 Å². The van der Waals surface area contributed by atoms with Gasteiger partial charge < -0.3 is 19.5 Å². The number of imidazole rings is 1. The number of carboxylic acid groups (broad SMARTS) is 1. The maximum Gasteiger partial charge on any atom is 0.414 e. The van der Waals surface area contributed by atoms with Gasteiger partial charge in [-0.15, -0.1) is 0 Å². The van der Waals surface area contributed by atoms with Gasteiger partial charge >= 0.3 is 12.1 Å². The van der Waals surface area contributed by atoms with E-state index >= 15 is 0 Å². The summed E-state index contributed by atoms with van der Waals surface area (Å²) in [5.41, 5.74) is 2.92. The smallest absolute Gasteiger partial charge is 0.414 e. The molecule has 8 nitrogen and oxygen atoms in total. The summed E-state index contributed by atoms with van der Waals surface area (Å²) < 4.78 is 34.5. The molecule has 1 aromatic heterocycles. The quantitative estimate of drug-likeness (QED) is 0.502. The minimum Gasteiger partial charge on any atom is -0.481 e. The molecular weight excluding hydrogens is 484 g/mol. The highest BCUT2D eigenvalue weighted by molar-refractivity contribution is 5.95. The Labute approximate surface area is 212 Å². The molecule has 1 fully saturated rings. The molecule has 5 rings (SSSR count). The maximum atomic E-state index is 14.0. The number of fused-ring (bicyclic) bond motifs is 3. The van der Waals surface area contributed by atoms with Crippen molar-refractivity contribution in [2.24, 2.45) is 5.92 Å². The average molecular weight is 514 g/mol. The molecule has 1 aliphatic heterocycles. The van der Waals surface area contributed by atoms with Crippen LogP contribution in [0.3, 0.4) is 0 Å². The van der Waals surface area contributed by atoms with E-state index in [4.69, 9.17) is 9.72 Å². The molecule has 1 amide bonds. The van der Waals surface area contributed by atoms with Crippen LogP contribution in [0.15, 0.2) is 30.3 Å². The third kappa shape index (κ3) is 4.33. The molecule has 3 aromatic rings. The second-order valence-corrected chi connectivity index (χ2v) is 9.93. The van der Waals surface area contributed by atoms with Crippen molar-refractivity contribution >= 4 is 28.8 Å². The number of carbonyl (C=O) groups excluding carboxylic acids is 1. The van der Waals surface area contributed by atoms with Gasteiger partial charge in [-0.2, -0.15) is 0 Å². The highest BCUT2D eigenvalue weighted by Gasteiger charge is 2.35. The van der Waals surface area contributed by atoms with Crippen molar-refractivity contribution in [2.45, 2.75) is 63.6 Å². The number of carboxylic acids is 1. The summed E-state index contributed by atoms with van der Waals surface area (Å²) in [6.07, 6.45) is 1.78. The number of amides is 1. The third-order valence-corrected chi connectivity index (χ3v) is 7.72. The summed E-state index contributed by atoms with van der Waals surface area (Å²) >= 11 is 0. The standard InChI is InChI=1S/C27H29F2N3O5/c1-14-6-8-18-21(31(14)27(36)37-2)10-11-22-23(18)30-25(24(33)15-7-9-19(28)20(29)13-15)32(22)17-5-3-4-16(12-17)26(34)35/h7,9-11,13-14,16-17,24,33H,3-6,8,12H2,1-2H3,(H,34,35)/t14-,16+,17+,24-/m0/s1. The van der Waals surface area contributed by atoms with E-state index in [1.54, 1.807) is 4.90 Å². The van der Waals surface area contributed by atoms with E-state index in [0.717, 1.165) is 17.7 Å². The van der Waals surface area contributed by atoms with Crippen molar-refractivity contribution in [1.29, 1.82) is 0 Å². The van der Waals surface area contributed by atoms with Gasteiger partial charge in [0.25, 0.3) is 0 Å². The van der Waals surface area contributed by atoms with Gasteiger partial charge in [-0.3, -0.25) is 9.69 Å². The van der Waals surface area contributed by atoms with E-state index < -0.39 is 35.7 Å². The van der Waals surface area contributed by atoms with Crippen molar-refractivity contribution in [1.82, 2.24) is 9.55 Å². The van der Waals surface area contributed by atoms with Gasteiger partial charge in [0.1, 0.15) is 11.9 Å². The Morgan fingerprint density at radius 3 is 2.62 bits per heavy atom. The Morgan fingerprint density at radius 2 is 1.92 bits per heavy atom. The molecule has 37 heavy (non-hydrogen) atoms. The van der Waals surface area contributed by atoms with Crippen LogP contribution in [0.25, 0.3) is 11.0 Å². The molecule has 4 atom stereocenters. The Balaban J connectivity index is 1.70.